The molecule has 4 aromatic rings. The summed E-state index contributed by atoms with van der Waals surface area (Å²) in [7, 11) is 1.56. The van der Waals surface area contributed by atoms with Gasteiger partial charge in [-0.1, -0.05) is 23.4 Å². The van der Waals surface area contributed by atoms with E-state index >= 15 is 0 Å². The lowest BCUT2D eigenvalue weighted by Gasteiger charge is -2.30. The summed E-state index contributed by atoms with van der Waals surface area (Å²) in [4.78, 5) is 28.9. The van der Waals surface area contributed by atoms with Gasteiger partial charge in [0, 0.05) is 19.3 Å². The molecule has 4 rings (SSSR count). The van der Waals surface area contributed by atoms with Gasteiger partial charge in [-0.15, -0.1) is 5.10 Å². The van der Waals surface area contributed by atoms with Crippen LogP contribution in [0, 0.1) is 20.8 Å². The highest BCUT2D eigenvalue weighted by Crippen LogP contribution is 2.31. The first-order chi connectivity index (χ1) is 16.9. The molecule has 9 heteroatoms. The van der Waals surface area contributed by atoms with Gasteiger partial charge in [0.05, 0.1) is 12.1 Å². The zero-order valence-electron chi connectivity index (χ0n) is 20.3. The van der Waals surface area contributed by atoms with E-state index in [9.17, 15) is 9.59 Å². The maximum absolute atomic E-state index is 13.9. The van der Waals surface area contributed by atoms with E-state index in [4.69, 9.17) is 9.15 Å². The second-order valence-corrected chi connectivity index (χ2v) is 8.48. The van der Waals surface area contributed by atoms with Gasteiger partial charge in [-0.3, -0.25) is 14.5 Å². The summed E-state index contributed by atoms with van der Waals surface area (Å²) in [5, 5.41) is 11.2. The van der Waals surface area contributed by atoms with Gasteiger partial charge < -0.3 is 14.5 Å². The van der Waals surface area contributed by atoms with Gasteiger partial charge in [0.2, 0.25) is 5.91 Å². The number of carbonyl (C=O) groups is 2. The molecule has 0 bridgehead atoms. The van der Waals surface area contributed by atoms with Gasteiger partial charge >= 0.3 is 0 Å². The molecule has 0 radical (unpaired) electrons. The summed E-state index contributed by atoms with van der Waals surface area (Å²) >= 11 is 0. The first kappa shape index (κ1) is 24.2. The molecule has 182 valence electrons. The Morgan fingerprint density at radius 3 is 2.51 bits per heavy atom. The van der Waals surface area contributed by atoms with Crippen molar-refractivity contribution >= 4 is 28.5 Å². The molecule has 0 aliphatic rings. The fraction of sp³-hybridized carbons (Fsp3) is 0.308. The number of fused-ring (bicyclic) bond motifs is 1. The van der Waals surface area contributed by atoms with Crippen LogP contribution in [-0.2, 0) is 20.9 Å². The average molecular weight is 476 g/mol. The van der Waals surface area contributed by atoms with E-state index in [1.54, 1.807) is 30.8 Å². The number of nitrogens with one attached hydrogen (secondary N) is 1. The third-order valence-electron chi connectivity index (χ3n) is 5.60. The number of methoxy groups -OCH3 is 1. The summed E-state index contributed by atoms with van der Waals surface area (Å²) < 4.78 is 12.5. The molecule has 0 saturated carbocycles. The van der Waals surface area contributed by atoms with Crippen LogP contribution < -0.4 is 10.2 Å². The number of nitrogens with zero attached hydrogens (tertiary/aromatic N) is 4. The summed E-state index contributed by atoms with van der Waals surface area (Å²) in [5.41, 5.74) is 3.96. The number of anilines is 1. The lowest BCUT2D eigenvalue weighted by atomic mass is 10.1. The Morgan fingerprint density at radius 1 is 1.09 bits per heavy atom. The maximum Gasteiger partial charge on any atom is 0.251 e. The number of carbonyl (C=O) groups excluding carboxylic acids is 2. The molecule has 0 aliphatic heterocycles. The molecular weight excluding hydrogens is 446 g/mol. The zero-order valence-corrected chi connectivity index (χ0v) is 20.3. The van der Waals surface area contributed by atoms with Crippen LogP contribution >= 0.6 is 0 Å². The van der Waals surface area contributed by atoms with Crippen LogP contribution in [0.25, 0.3) is 11.0 Å². The molecule has 0 aliphatic carbocycles. The highest BCUT2D eigenvalue weighted by atomic mass is 16.5. The largest absolute Gasteiger partial charge is 0.464 e. The number of benzene rings is 2. The Labute approximate surface area is 203 Å². The number of furan rings is 1. The molecule has 2 aromatic carbocycles. The number of ether oxygens (including phenoxy) is 1. The first-order valence-electron chi connectivity index (χ1n) is 11.4. The SMILES string of the molecule is COCCNC(=O)C(c1ccc(C)o1)N(C(=O)Cn1nnc2ccccc21)c1cc(C)cc(C)c1. The average Bonchev–Trinajstić information content (AvgIpc) is 3.43. The van der Waals surface area contributed by atoms with E-state index in [1.165, 1.54) is 4.90 Å². The molecule has 0 spiro atoms. The van der Waals surface area contributed by atoms with Gasteiger partial charge in [-0.2, -0.15) is 0 Å². The quantitative estimate of drug-likeness (QED) is 0.372. The van der Waals surface area contributed by atoms with Crippen molar-refractivity contribution in [3.8, 4) is 0 Å². The number of hydrogen-bond acceptors (Lipinski definition) is 6. The van der Waals surface area contributed by atoms with Crippen LogP contribution in [-0.4, -0.2) is 47.1 Å². The van der Waals surface area contributed by atoms with Crippen molar-refractivity contribution < 1.29 is 18.7 Å². The van der Waals surface area contributed by atoms with Crippen molar-refractivity contribution in [3.05, 3.63) is 77.2 Å². The van der Waals surface area contributed by atoms with Crippen molar-refractivity contribution in [2.75, 3.05) is 25.2 Å². The molecule has 2 aromatic heterocycles. The Balaban J connectivity index is 1.79. The molecule has 0 fully saturated rings. The molecule has 1 atom stereocenters. The third-order valence-corrected chi connectivity index (χ3v) is 5.60. The minimum Gasteiger partial charge on any atom is -0.464 e. The lowest BCUT2D eigenvalue weighted by molar-refractivity contribution is -0.127. The third kappa shape index (κ3) is 5.41. The lowest BCUT2D eigenvalue weighted by Crippen LogP contribution is -2.45. The molecule has 1 unspecified atom stereocenters. The fourth-order valence-electron chi connectivity index (χ4n) is 4.11. The summed E-state index contributed by atoms with van der Waals surface area (Å²) in [5.74, 6) is 0.317. The summed E-state index contributed by atoms with van der Waals surface area (Å²) in [6.45, 7) is 6.25. The van der Waals surface area contributed by atoms with E-state index in [2.05, 4.69) is 15.6 Å². The number of aryl methyl sites for hydroxylation is 3. The summed E-state index contributed by atoms with van der Waals surface area (Å²) in [6.07, 6.45) is 0. The number of para-hydroxylation sites is 1. The normalized spacial score (nSPS) is 12.0. The molecular formula is C26H29N5O4. The van der Waals surface area contributed by atoms with Gasteiger partial charge in [0.25, 0.3) is 5.91 Å². The molecule has 2 amide bonds. The van der Waals surface area contributed by atoms with Crippen LogP contribution in [0.5, 0.6) is 0 Å². The Morgan fingerprint density at radius 2 is 1.83 bits per heavy atom. The predicted octanol–water partition coefficient (Wildman–Crippen LogP) is 3.49. The second-order valence-electron chi connectivity index (χ2n) is 8.48. The second kappa shape index (κ2) is 10.5. The molecule has 35 heavy (non-hydrogen) atoms. The minimum atomic E-state index is -1.02. The van der Waals surface area contributed by atoms with Crippen molar-refractivity contribution in [2.45, 2.75) is 33.4 Å². The highest BCUT2D eigenvalue weighted by molar-refractivity contribution is 6.01. The highest BCUT2D eigenvalue weighted by Gasteiger charge is 2.35. The Bertz CT molecular complexity index is 1320. The van der Waals surface area contributed by atoms with Crippen LogP contribution in [0.4, 0.5) is 5.69 Å². The Hall–Kier alpha value is -3.98. The molecule has 9 nitrogen and oxygen atoms in total. The van der Waals surface area contributed by atoms with E-state index in [1.807, 2.05) is 56.3 Å². The number of aromatic nitrogens is 3. The van der Waals surface area contributed by atoms with Gasteiger partial charge in [0.15, 0.2) is 6.04 Å². The smallest absolute Gasteiger partial charge is 0.251 e. The van der Waals surface area contributed by atoms with Crippen molar-refractivity contribution in [3.63, 3.8) is 0 Å². The molecule has 2 heterocycles. The topological polar surface area (TPSA) is 102 Å². The predicted molar refractivity (Wildman–Crippen MR) is 132 cm³/mol. The summed E-state index contributed by atoms with van der Waals surface area (Å²) in [6, 6.07) is 15.7. The van der Waals surface area contributed by atoms with Crippen LogP contribution in [0.2, 0.25) is 0 Å². The van der Waals surface area contributed by atoms with Crippen LogP contribution in [0.15, 0.2) is 59.0 Å². The standard InChI is InChI=1S/C26H29N5O4/c1-17-13-18(2)15-20(14-17)31(24(32)16-30-22-8-6-5-7-21(22)28-29-30)25(23-10-9-19(3)35-23)26(33)27-11-12-34-4/h5-10,13-15,25H,11-12,16H2,1-4H3,(H,27,33). The van der Waals surface area contributed by atoms with Crippen LogP contribution in [0.1, 0.15) is 28.7 Å². The first-order valence-corrected chi connectivity index (χ1v) is 11.4. The van der Waals surface area contributed by atoms with Crippen LogP contribution in [0.3, 0.4) is 0 Å². The fourth-order valence-corrected chi connectivity index (χ4v) is 4.11. The van der Waals surface area contributed by atoms with E-state index in [-0.39, 0.29) is 18.4 Å². The number of amides is 2. The van der Waals surface area contributed by atoms with E-state index in [0.717, 1.165) is 16.6 Å². The molecule has 0 saturated heterocycles. The maximum atomic E-state index is 13.9. The monoisotopic (exact) mass is 475 g/mol. The van der Waals surface area contributed by atoms with Gasteiger partial charge in [0.1, 0.15) is 23.6 Å². The van der Waals surface area contributed by atoms with E-state index < -0.39 is 6.04 Å². The Kier molecular flexibility index (Phi) is 7.26. The van der Waals surface area contributed by atoms with E-state index in [0.29, 0.717) is 35.9 Å². The minimum absolute atomic E-state index is 0.102. The number of hydrogen-bond donors (Lipinski definition) is 1. The van der Waals surface area contributed by atoms with Gasteiger partial charge in [-0.05, 0) is 68.3 Å². The van der Waals surface area contributed by atoms with Crippen molar-refractivity contribution in [1.82, 2.24) is 20.3 Å². The number of rotatable bonds is 9. The van der Waals surface area contributed by atoms with Crippen molar-refractivity contribution in [2.24, 2.45) is 0 Å². The van der Waals surface area contributed by atoms with Gasteiger partial charge in [-0.25, -0.2) is 4.68 Å². The van der Waals surface area contributed by atoms with Crippen molar-refractivity contribution in [1.29, 1.82) is 0 Å². The zero-order chi connectivity index (χ0) is 24.9. The molecule has 1 N–H and O–H groups in total.